The summed E-state index contributed by atoms with van der Waals surface area (Å²) >= 11 is 0. The van der Waals surface area contributed by atoms with Crippen molar-refractivity contribution in [2.45, 2.75) is 39.7 Å². The maximum Gasteiger partial charge on any atom is 0.399 e. The number of anilines is 1. The normalized spacial score (nSPS) is 25.9. The minimum atomic E-state index is -0.438. The van der Waals surface area contributed by atoms with Gasteiger partial charge in [-0.1, -0.05) is 25.1 Å². The lowest BCUT2D eigenvalue weighted by Crippen LogP contribution is -2.68. The minimum Gasteiger partial charge on any atom is -0.491 e. The van der Waals surface area contributed by atoms with Crippen LogP contribution in [0.4, 0.5) is 14.9 Å². The molecule has 2 aliphatic heterocycles. The molecule has 1 fully saturated rings. The van der Waals surface area contributed by atoms with Crippen molar-refractivity contribution in [3.05, 3.63) is 59.9 Å². The number of carbonyl (C=O) groups is 1. The van der Waals surface area contributed by atoms with Crippen molar-refractivity contribution < 1.29 is 18.5 Å². The van der Waals surface area contributed by atoms with Crippen LogP contribution in [0.2, 0.25) is 0 Å². The lowest BCUT2D eigenvalue weighted by Gasteiger charge is -2.45. The van der Waals surface area contributed by atoms with E-state index < -0.39 is 6.03 Å². The van der Waals surface area contributed by atoms with Gasteiger partial charge in [0, 0.05) is 18.4 Å². The van der Waals surface area contributed by atoms with E-state index in [1.54, 1.807) is 17.1 Å². The number of amides is 2. The van der Waals surface area contributed by atoms with E-state index in [1.807, 2.05) is 26.0 Å². The zero-order chi connectivity index (χ0) is 22.2. The van der Waals surface area contributed by atoms with Gasteiger partial charge in [0.25, 0.3) is 0 Å². The summed E-state index contributed by atoms with van der Waals surface area (Å²) in [5.74, 6) is 1.51. The summed E-state index contributed by atoms with van der Waals surface area (Å²) in [6.07, 6.45) is 1.95. The van der Waals surface area contributed by atoms with Crippen LogP contribution in [0.15, 0.2) is 53.5 Å². The van der Waals surface area contributed by atoms with E-state index in [0.29, 0.717) is 30.6 Å². The highest BCUT2D eigenvalue weighted by atomic mass is 19.1. The van der Waals surface area contributed by atoms with Crippen LogP contribution in [0.5, 0.6) is 5.75 Å². The van der Waals surface area contributed by atoms with E-state index >= 15 is 0 Å². The first kappa shape index (κ1) is 21.3. The molecule has 3 atom stereocenters. The molecular formula is C24H30FN4O2+. The van der Waals surface area contributed by atoms with Crippen LogP contribution in [-0.4, -0.2) is 35.8 Å². The van der Waals surface area contributed by atoms with Crippen molar-refractivity contribution in [1.82, 2.24) is 0 Å². The number of nitrogens with two attached hydrogens (primary N) is 1. The second kappa shape index (κ2) is 8.30. The molecule has 0 saturated carbocycles. The predicted octanol–water partition coefficient (Wildman–Crippen LogP) is 4.50. The minimum absolute atomic E-state index is 0.136. The third-order valence-corrected chi connectivity index (χ3v) is 6.29. The van der Waals surface area contributed by atoms with Crippen molar-refractivity contribution in [3.63, 3.8) is 0 Å². The molecule has 6 nitrogen and oxygen atoms in total. The molecule has 1 saturated heterocycles. The predicted molar refractivity (Wildman–Crippen MR) is 119 cm³/mol. The Kier molecular flexibility index (Phi) is 5.71. The third-order valence-electron chi connectivity index (χ3n) is 6.29. The first-order valence-corrected chi connectivity index (χ1v) is 10.9. The summed E-state index contributed by atoms with van der Waals surface area (Å²) in [6, 6.07) is 13.9. The summed E-state index contributed by atoms with van der Waals surface area (Å²) in [6.45, 7) is 7.52. The number of piperidine rings is 1. The van der Waals surface area contributed by atoms with Gasteiger partial charge >= 0.3 is 12.0 Å². The quantitative estimate of drug-likeness (QED) is 0.718. The van der Waals surface area contributed by atoms with Gasteiger partial charge in [-0.15, -0.1) is 14.6 Å². The highest BCUT2D eigenvalue weighted by Crippen LogP contribution is 2.38. The number of hydrogen-bond acceptors (Lipinski definition) is 3. The maximum absolute atomic E-state index is 13.9. The molecule has 2 N–H and O–H groups in total. The standard InChI is InChI=1S/C24H29FN4O2/c1-16(2)31-22-9-4-6-18(13-22)12-19-10-11-29(15-17(19)3)23(26)27-24(30)28(29)21-8-5-7-20(25)14-21/h4-9,13-14,16-17,19H,10-12,15H2,1-3H3,(H-,26,27,30)/p+1/t17-,19?,29+/m0/s1. The highest BCUT2D eigenvalue weighted by molar-refractivity contribution is 6.02. The van der Waals surface area contributed by atoms with Crippen molar-refractivity contribution in [2.24, 2.45) is 22.6 Å². The summed E-state index contributed by atoms with van der Waals surface area (Å²) in [4.78, 5) is 16.7. The molecule has 7 heteroatoms. The molecule has 2 heterocycles. The number of urea groups is 1. The Morgan fingerprint density at radius 3 is 2.74 bits per heavy atom. The second-order valence-corrected chi connectivity index (χ2v) is 8.92. The lowest BCUT2D eigenvalue weighted by atomic mass is 9.82. The molecule has 0 radical (unpaired) electrons. The zero-order valence-electron chi connectivity index (χ0n) is 18.3. The van der Waals surface area contributed by atoms with Gasteiger partial charge in [-0.2, -0.15) is 0 Å². The number of hydrogen-bond donors (Lipinski definition) is 1. The molecule has 164 valence electrons. The third kappa shape index (κ3) is 4.14. The van der Waals surface area contributed by atoms with E-state index in [4.69, 9.17) is 10.5 Å². The van der Waals surface area contributed by atoms with Gasteiger partial charge in [0.15, 0.2) is 0 Å². The Balaban J connectivity index is 1.53. The van der Waals surface area contributed by atoms with E-state index in [0.717, 1.165) is 18.6 Å². The summed E-state index contributed by atoms with van der Waals surface area (Å²) in [5, 5.41) is 1.54. The average Bonchev–Trinajstić information content (AvgIpc) is 2.93. The Morgan fingerprint density at radius 2 is 2.03 bits per heavy atom. The highest BCUT2D eigenvalue weighted by Gasteiger charge is 2.54. The van der Waals surface area contributed by atoms with Crippen LogP contribution in [0, 0.1) is 17.7 Å². The van der Waals surface area contributed by atoms with Gasteiger partial charge in [0.2, 0.25) is 0 Å². The fourth-order valence-electron chi connectivity index (χ4n) is 4.84. The first-order chi connectivity index (χ1) is 14.8. The van der Waals surface area contributed by atoms with E-state index in [1.165, 1.54) is 17.7 Å². The molecule has 0 aromatic heterocycles. The van der Waals surface area contributed by atoms with Crippen molar-refractivity contribution >= 4 is 17.7 Å². The first-order valence-electron chi connectivity index (χ1n) is 10.9. The van der Waals surface area contributed by atoms with E-state index in [2.05, 4.69) is 24.0 Å². The summed E-state index contributed by atoms with van der Waals surface area (Å²) in [7, 11) is 0. The van der Waals surface area contributed by atoms with Crippen molar-refractivity contribution in [2.75, 3.05) is 18.1 Å². The lowest BCUT2D eigenvalue weighted by molar-refractivity contribution is -0.851. The number of benzene rings is 2. The van der Waals surface area contributed by atoms with Crippen molar-refractivity contribution in [3.8, 4) is 5.75 Å². The van der Waals surface area contributed by atoms with Gasteiger partial charge in [0.1, 0.15) is 30.3 Å². The van der Waals surface area contributed by atoms with Crippen LogP contribution in [0.25, 0.3) is 0 Å². The molecule has 4 rings (SSSR count). The number of rotatable bonds is 5. The largest absolute Gasteiger partial charge is 0.491 e. The van der Waals surface area contributed by atoms with Gasteiger partial charge in [-0.05, 0) is 56.0 Å². The van der Waals surface area contributed by atoms with Crippen LogP contribution in [0.1, 0.15) is 32.8 Å². The molecule has 2 amide bonds. The maximum atomic E-state index is 13.9. The Hall–Kier alpha value is -2.93. The molecule has 0 bridgehead atoms. The monoisotopic (exact) mass is 425 g/mol. The Labute approximate surface area is 182 Å². The van der Waals surface area contributed by atoms with Crippen molar-refractivity contribution in [1.29, 1.82) is 0 Å². The van der Waals surface area contributed by atoms with E-state index in [-0.39, 0.29) is 22.5 Å². The molecule has 2 aromatic carbocycles. The molecule has 1 unspecified atom stereocenters. The fourth-order valence-corrected chi connectivity index (χ4v) is 4.84. The summed E-state index contributed by atoms with van der Waals surface area (Å²) < 4.78 is 19.9. The number of guanidine groups is 1. The van der Waals surface area contributed by atoms with Crippen LogP contribution in [0.3, 0.4) is 0 Å². The number of aliphatic imine (C=N–C) groups is 1. The fraction of sp³-hybridized carbons (Fsp3) is 0.417. The van der Waals surface area contributed by atoms with Crippen LogP contribution in [-0.2, 0) is 6.42 Å². The number of quaternary nitrogens is 1. The van der Waals surface area contributed by atoms with Gasteiger partial charge in [-0.25, -0.2) is 9.18 Å². The SMILES string of the molecule is CC(C)Oc1cccc(CC2CC[N@@+]3(C[C@@H]2C)C(N)=NC(=O)N3c2cccc(F)c2)c1. The van der Waals surface area contributed by atoms with Gasteiger partial charge in [0.05, 0.1) is 6.10 Å². The molecular weight excluding hydrogens is 395 g/mol. The molecule has 0 aliphatic carbocycles. The molecule has 31 heavy (non-hydrogen) atoms. The number of halogens is 1. The van der Waals surface area contributed by atoms with Gasteiger partial charge < -0.3 is 10.5 Å². The second-order valence-electron chi connectivity index (χ2n) is 8.92. The van der Waals surface area contributed by atoms with E-state index in [9.17, 15) is 9.18 Å². The Bertz CT molecular complexity index is 1010. The smallest absolute Gasteiger partial charge is 0.399 e. The van der Waals surface area contributed by atoms with Gasteiger partial charge in [-0.3, -0.25) is 0 Å². The Morgan fingerprint density at radius 1 is 1.26 bits per heavy atom. The van der Waals surface area contributed by atoms with Crippen LogP contribution < -0.4 is 15.5 Å². The topological polar surface area (TPSA) is 67.9 Å². The number of ether oxygens (including phenoxy) is 1. The molecule has 2 aliphatic rings. The zero-order valence-corrected chi connectivity index (χ0v) is 18.3. The molecule has 1 spiro atoms. The number of nitrogens with zero attached hydrogens (tertiary/aromatic N) is 3. The summed E-state index contributed by atoms with van der Waals surface area (Å²) in [5.41, 5.74) is 8.00. The molecule has 2 aromatic rings. The van der Waals surface area contributed by atoms with Crippen LogP contribution >= 0.6 is 0 Å². The average molecular weight is 426 g/mol. The number of carbonyl (C=O) groups excluding carboxylic acids is 1.